The van der Waals surface area contributed by atoms with Gasteiger partial charge in [-0.25, -0.2) is 26.5 Å². The van der Waals surface area contributed by atoms with E-state index in [-0.39, 0.29) is 36.7 Å². The van der Waals surface area contributed by atoms with E-state index in [1.54, 1.807) is 0 Å². The molecule has 0 bridgehead atoms. The number of benzene rings is 1. The van der Waals surface area contributed by atoms with E-state index in [0.29, 0.717) is 5.56 Å². The highest BCUT2D eigenvalue weighted by molar-refractivity contribution is 7.90. The van der Waals surface area contributed by atoms with Crippen LogP contribution in [0.5, 0.6) is 0 Å². The average molecular weight is 436 g/mol. The van der Waals surface area contributed by atoms with Crippen molar-refractivity contribution in [3.05, 3.63) is 65.0 Å². The highest BCUT2D eigenvalue weighted by Gasteiger charge is 2.58. The molecule has 2 aromatic rings. The standard InChI is InChI=1S/C19H18F2N4O4S/c1-25-18(22)24-19(6-7-29-17(19)30(25,27)28)13-8-11(2-4-14(13)21)9-16(26)15-5-3-12(20)10-23-15/h2-5,8,10,17H,6-7,9H2,1H3,(H2,22,24)/t17?,19-/m1/s1. The third kappa shape index (κ3) is 3.14. The zero-order chi connectivity index (χ0) is 21.7. The summed E-state index contributed by atoms with van der Waals surface area (Å²) in [4.78, 5) is 20.5. The van der Waals surface area contributed by atoms with E-state index in [2.05, 4.69) is 9.98 Å². The van der Waals surface area contributed by atoms with Gasteiger partial charge in [0.05, 0.1) is 12.8 Å². The Hall–Kier alpha value is -2.92. The van der Waals surface area contributed by atoms with E-state index >= 15 is 0 Å². The lowest BCUT2D eigenvalue weighted by Crippen LogP contribution is -2.55. The molecule has 1 fully saturated rings. The van der Waals surface area contributed by atoms with Crippen LogP contribution in [0.3, 0.4) is 0 Å². The van der Waals surface area contributed by atoms with E-state index in [4.69, 9.17) is 10.5 Å². The molecular weight excluding hydrogens is 418 g/mol. The molecule has 0 amide bonds. The topological polar surface area (TPSA) is 115 Å². The van der Waals surface area contributed by atoms with Crippen molar-refractivity contribution in [2.45, 2.75) is 23.8 Å². The predicted octanol–water partition coefficient (Wildman–Crippen LogP) is 1.32. The minimum atomic E-state index is -4.02. The van der Waals surface area contributed by atoms with Gasteiger partial charge in [-0.2, -0.15) is 0 Å². The number of pyridine rings is 1. The van der Waals surface area contributed by atoms with Crippen molar-refractivity contribution < 1.29 is 26.7 Å². The van der Waals surface area contributed by atoms with Crippen molar-refractivity contribution in [2.75, 3.05) is 13.7 Å². The number of Topliss-reactive ketones (excluding diaryl/α,β-unsaturated/α-hetero) is 1. The van der Waals surface area contributed by atoms with Crippen LogP contribution in [0.4, 0.5) is 8.78 Å². The molecule has 1 aromatic heterocycles. The number of nitrogens with zero attached hydrogens (tertiary/aromatic N) is 3. The number of ketones is 1. The van der Waals surface area contributed by atoms with E-state index < -0.39 is 38.4 Å². The fourth-order valence-corrected chi connectivity index (χ4v) is 5.37. The number of guanidine groups is 1. The Morgan fingerprint density at radius 1 is 1.33 bits per heavy atom. The number of aliphatic imine (C=N–C) groups is 1. The molecule has 11 heteroatoms. The van der Waals surface area contributed by atoms with Crippen LogP contribution in [0.1, 0.15) is 28.0 Å². The molecule has 2 aliphatic rings. The van der Waals surface area contributed by atoms with Gasteiger partial charge in [-0.05, 0) is 29.8 Å². The highest BCUT2D eigenvalue weighted by Crippen LogP contribution is 2.46. The first-order valence-electron chi connectivity index (χ1n) is 9.03. The largest absolute Gasteiger partial charge is 0.369 e. The molecule has 8 nitrogen and oxygen atoms in total. The van der Waals surface area contributed by atoms with Crippen molar-refractivity contribution in [3.63, 3.8) is 0 Å². The van der Waals surface area contributed by atoms with Crippen LogP contribution in [-0.4, -0.2) is 48.5 Å². The number of hydrogen-bond donors (Lipinski definition) is 1. The van der Waals surface area contributed by atoms with E-state index in [1.807, 2.05) is 0 Å². The maximum Gasteiger partial charge on any atom is 0.267 e. The number of sulfonamides is 1. The van der Waals surface area contributed by atoms with Gasteiger partial charge in [-0.3, -0.25) is 9.78 Å². The number of carbonyl (C=O) groups is 1. The maximum atomic E-state index is 14.9. The zero-order valence-corrected chi connectivity index (χ0v) is 16.7. The Bertz CT molecular complexity index is 1150. The first-order chi connectivity index (χ1) is 14.1. The lowest BCUT2D eigenvalue weighted by molar-refractivity contribution is 0.0988. The zero-order valence-electron chi connectivity index (χ0n) is 15.9. The van der Waals surface area contributed by atoms with Gasteiger partial charge in [0.1, 0.15) is 22.9 Å². The van der Waals surface area contributed by atoms with Crippen LogP contribution in [0.25, 0.3) is 0 Å². The van der Waals surface area contributed by atoms with E-state index in [0.717, 1.165) is 22.6 Å². The molecule has 1 aromatic carbocycles. The Kier molecular flexibility index (Phi) is 4.82. The fourth-order valence-electron chi connectivity index (χ4n) is 3.72. The van der Waals surface area contributed by atoms with Gasteiger partial charge in [0.15, 0.2) is 5.78 Å². The van der Waals surface area contributed by atoms with Crippen molar-refractivity contribution in [1.29, 1.82) is 0 Å². The number of carbonyl (C=O) groups excluding carboxylic acids is 1. The molecular formula is C19H18F2N4O4S. The van der Waals surface area contributed by atoms with Gasteiger partial charge in [-0.15, -0.1) is 0 Å². The summed E-state index contributed by atoms with van der Waals surface area (Å²) >= 11 is 0. The number of fused-ring (bicyclic) bond motifs is 1. The molecule has 0 aliphatic carbocycles. The van der Waals surface area contributed by atoms with Crippen molar-refractivity contribution in [3.8, 4) is 0 Å². The normalized spacial score (nSPS) is 25.0. The number of rotatable bonds is 4. The molecule has 2 aliphatic heterocycles. The second-order valence-electron chi connectivity index (χ2n) is 7.14. The molecule has 158 valence electrons. The molecule has 4 rings (SSSR count). The van der Waals surface area contributed by atoms with Gasteiger partial charge in [0.25, 0.3) is 10.0 Å². The summed E-state index contributed by atoms with van der Waals surface area (Å²) in [5.74, 6) is -1.92. The van der Waals surface area contributed by atoms with Crippen LogP contribution in [-0.2, 0) is 26.7 Å². The average Bonchev–Trinajstić information content (AvgIpc) is 3.14. The molecule has 30 heavy (non-hydrogen) atoms. The first kappa shape index (κ1) is 20.4. The third-order valence-corrected chi connectivity index (χ3v) is 7.32. The second kappa shape index (κ2) is 7.10. The molecule has 2 atom stereocenters. The maximum absolute atomic E-state index is 14.9. The number of ether oxygens (including phenoxy) is 1. The minimum Gasteiger partial charge on any atom is -0.369 e. The van der Waals surface area contributed by atoms with Crippen LogP contribution >= 0.6 is 0 Å². The predicted molar refractivity (Wildman–Crippen MR) is 103 cm³/mol. The van der Waals surface area contributed by atoms with Crippen LogP contribution in [0.2, 0.25) is 0 Å². The fraction of sp³-hybridized carbons (Fsp3) is 0.316. The SMILES string of the molecule is CN1C(N)=N[C@@]2(c3cc(CC(=O)c4ccc(F)cn4)ccc3F)CCOC2S1(=O)=O. The third-order valence-electron chi connectivity index (χ3n) is 5.31. The quantitative estimate of drug-likeness (QED) is 0.723. The molecule has 3 heterocycles. The lowest BCUT2D eigenvalue weighted by atomic mass is 9.87. The Labute approximate surface area is 171 Å². The Morgan fingerprint density at radius 3 is 2.80 bits per heavy atom. The van der Waals surface area contributed by atoms with Crippen molar-refractivity contribution in [2.24, 2.45) is 10.7 Å². The first-order valence-corrected chi connectivity index (χ1v) is 10.5. The summed E-state index contributed by atoms with van der Waals surface area (Å²) in [6.07, 6.45) is 0.905. The molecule has 1 unspecified atom stereocenters. The molecule has 0 spiro atoms. The molecule has 0 radical (unpaired) electrons. The number of halogens is 2. The Morgan fingerprint density at radius 2 is 2.10 bits per heavy atom. The second-order valence-corrected chi connectivity index (χ2v) is 9.14. The molecule has 2 N–H and O–H groups in total. The van der Waals surface area contributed by atoms with Gasteiger partial charge in [0.2, 0.25) is 11.4 Å². The smallest absolute Gasteiger partial charge is 0.267 e. The summed E-state index contributed by atoms with van der Waals surface area (Å²) in [5, 5.41) is 0. The van der Waals surface area contributed by atoms with Crippen LogP contribution < -0.4 is 5.73 Å². The van der Waals surface area contributed by atoms with Gasteiger partial charge in [0, 0.05) is 25.5 Å². The monoisotopic (exact) mass is 436 g/mol. The van der Waals surface area contributed by atoms with Crippen LogP contribution in [0, 0.1) is 11.6 Å². The highest BCUT2D eigenvalue weighted by atomic mass is 32.2. The van der Waals surface area contributed by atoms with Gasteiger partial charge >= 0.3 is 0 Å². The van der Waals surface area contributed by atoms with Gasteiger partial charge < -0.3 is 10.5 Å². The van der Waals surface area contributed by atoms with Crippen molar-refractivity contribution >= 4 is 21.8 Å². The summed E-state index contributed by atoms with van der Waals surface area (Å²) in [7, 11) is -2.77. The summed E-state index contributed by atoms with van der Waals surface area (Å²) < 4.78 is 59.7. The number of aromatic nitrogens is 1. The molecule has 1 saturated heterocycles. The van der Waals surface area contributed by atoms with Gasteiger partial charge in [-0.1, -0.05) is 6.07 Å². The number of nitrogens with two attached hydrogens (primary N) is 1. The van der Waals surface area contributed by atoms with E-state index in [9.17, 15) is 22.0 Å². The summed E-state index contributed by atoms with van der Waals surface area (Å²) in [6, 6.07) is 6.35. The summed E-state index contributed by atoms with van der Waals surface area (Å²) in [5.41, 5.74) is 3.31. The van der Waals surface area contributed by atoms with Crippen LogP contribution in [0.15, 0.2) is 41.5 Å². The number of hydrogen-bond acceptors (Lipinski definition) is 7. The summed E-state index contributed by atoms with van der Waals surface area (Å²) in [6.45, 7) is 0.0522. The van der Waals surface area contributed by atoms with E-state index in [1.165, 1.54) is 25.2 Å². The minimum absolute atomic E-state index is 0.0120. The van der Waals surface area contributed by atoms with Crippen molar-refractivity contribution in [1.82, 2.24) is 9.29 Å². The lowest BCUT2D eigenvalue weighted by Gasteiger charge is -2.38. The Balaban J connectivity index is 1.75. The molecule has 0 saturated carbocycles.